The summed E-state index contributed by atoms with van der Waals surface area (Å²) in [4.78, 5) is 11.3. The third-order valence-corrected chi connectivity index (χ3v) is 2.90. The average molecular weight is 325 g/mol. The van der Waals surface area contributed by atoms with E-state index in [9.17, 15) is 15.1 Å². The minimum Gasteiger partial charge on any atom is -0.595 e. The van der Waals surface area contributed by atoms with E-state index in [2.05, 4.69) is 0 Å². The molecular weight excluding hydrogens is 311 g/mol. The first-order chi connectivity index (χ1) is 9.32. The van der Waals surface area contributed by atoms with Gasteiger partial charge in [0.05, 0.1) is 18.6 Å². The van der Waals surface area contributed by atoms with E-state index in [1.165, 1.54) is 24.3 Å². The predicted molar refractivity (Wildman–Crippen MR) is 71.3 cm³/mol. The van der Waals surface area contributed by atoms with Crippen LogP contribution in [0.4, 0.5) is 5.69 Å². The van der Waals surface area contributed by atoms with Gasteiger partial charge in [0.2, 0.25) is 10.9 Å². The summed E-state index contributed by atoms with van der Waals surface area (Å²) in [7, 11) is 0. The van der Waals surface area contributed by atoms with Crippen molar-refractivity contribution in [1.82, 2.24) is 0 Å². The van der Waals surface area contributed by atoms with E-state index in [1.54, 1.807) is 0 Å². The van der Waals surface area contributed by atoms with Crippen LogP contribution in [0.2, 0.25) is 0 Å². The number of hydrogen-bond acceptors (Lipinski definition) is 5. The maximum Gasteiger partial charge on any atom is 0.225 e. The van der Waals surface area contributed by atoms with Crippen molar-refractivity contribution in [2.24, 2.45) is 11.7 Å². The standard InChI is InChI=1S/C11H14Cl2N2O5/c12-11(13)20-5-8(10(14)17)9(16)6-1-3-7(4-2-6)15(18)19/h1-4,8-9,11,15-16,18H,5H2,(H2,14,17). The molecule has 0 aliphatic carbocycles. The number of nitrogens with two attached hydrogens (primary N) is 1. The normalized spacial score (nSPS) is 15.9. The van der Waals surface area contributed by atoms with Crippen LogP contribution in [0, 0.1) is 11.1 Å². The molecule has 1 aromatic rings. The number of amides is 1. The lowest BCUT2D eigenvalue weighted by Gasteiger charge is -2.21. The van der Waals surface area contributed by atoms with Crippen LogP contribution in [0.15, 0.2) is 24.3 Å². The van der Waals surface area contributed by atoms with Crippen molar-refractivity contribution in [2.75, 3.05) is 6.61 Å². The number of primary amides is 1. The number of carbonyl (C=O) groups is 1. The van der Waals surface area contributed by atoms with Gasteiger partial charge >= 0.3 is 0 Å². The maximum atomic E-state index is 11.3. The highest BCUT2D eigenvalue weighted by Crippen LogP contribution is 2.24. The number of carbonyl (C=O) groups excluding carboxylic acids is 1. The Hall–Kier alpha value is -0.930. The summed E-state index contributed by atoms with van der Waals surface area (Å²) in [6.07, 6.45) is -1.25. The monoisotopic (exact) mass is 324 g/mol. The van der Waals surface area contributed by atoms with E-state index in [1.807, 2.05) is 0 Å². The van der Waals surface area contributed by atoms with E-state index >= 15 is 0 Å². The number of rotatable bonds is 7. The second kappa shape index (κ2) is 7.75. The molecule has 0 radical (unpaired) electrons. The number of nitrogens with one attached hydrogen (secondary N) is 1. The average Bonchev–Trinajstić information content (AvgIpc) is 2.38. The molecule has 1 aromatic carbocycles. The van der Waals surface area contributed by atoms with Crippen molar-refractivity contribution in [3.05, 3.63) is 35.0 Å². The molecule has 0 spiro atoms. The van der Waals surface area contributed by atoms with E-state index in [0.717, 1.165) is 0 Å². The van der Waals surface area contributed by atoms with Crippen molar-refractivity contribution >= 4 is 34.8 Å². The van der Waals surface area contributed by atoms with Crippen LogP contribution >= 0.6 is 23.2 Å². The number of aliphatic hydroxyl groups is 1. The van der Waals surface area contributed by atoms with Gasteiger partial charge in [0.15, 0.2) is 5.69 Å². The van der Waals surface area contributed by atoms with Gasteiger partial charge in [-0.3, -0.25) is 4.79 Å². The Morgan fingerprint density at radius 1 is 1.40 bits per heavy atom. The van der Waals surface area contributed by atoms with Crippen molar-refractivity contribution < 1.29 is 25.1 Å². The maximum absolute atomic E-state index is 11.3. The van der Waals surface area contributed by atoms with E-state index in [4.69, 9.17) is 38.9 Å². The lowest BCUT2D eigenvalue weighted by Crippen LogP contribution is -2.99. The molecule has 0 heterocycles. The summed E-state index contributed by atoms with van der Waals surface area (Å²) in [5.41, 5.74) is 5.58. The van der Waals surface area contributed by atoms with Crippen LogP contribution < -0.4 is 11.0 Å². The molecule has 9 heteroatoms. The number of halogens is 2. The molecule has 20 heavy (non-hydrogen) atoms. The van der Waals surface area contributed by atoms with Crippen LogP contribution in [0.3, 0.4) is 0 Å². The minimum absolute atomic E-state index is 0.0643. The first-order valence-electron chi connectivity index (χ1n) is 5.53. The molecule has 5 N–H and O–H groups in total. The molecule has 1 amide bonds. The summed E-state index contributed by atoms with van der Waals surface area (Å²) in [5, 5.41) is 27.3. The summed E-state index contributed by atoms with van der Waals surface area (Å²) >= 11 is 10.8. The Bertz CT molecular complexity index is 441. The van der Waals surface area contributed by atoms with Gasteiger partial charge in [-0.05, 0) is 5.56 Å². The zero-order valence-corrected chi connectivity index (χ0v) is 11.7. The number of benzene rings is 1. The number of aliphatic hydroxyl groups excluding tert-OH is 1. The van der Waals surface area contributed by atoms with Gasteiger partial charge in [-0.2, -0.15) is 5.23 Å². The highest BCUT2D eigenvalue weighted by Gasteiger charge is 2.27. The molecule has 0 aliphatic heterocycles. The fourth-order valence-electron chi connectivity index (χ4n) is 1.56. The zero-order valence-electron chi connectivity index (χ0n) is 10.2. The van der Waals surface area contributed by atoms with Gasteiger partial charge in [-0.25, -0.2) is 5.21 Å². The molecule has 7 nitrogen and oxygen atoms in total. The second-order valence-electron chi connectivity index (χ2n) is 3.97. The lowest BCUT2D eigenvalue weighted by molar-refractivity contribution is -0.991. The Balaban J connectivity index is 2.83. The van der Waals surface area contributed by atoms with Crippen molar-refractivity contribution in [1.29, 1.82) is 0 Å². The van der Waals surface area contributed by atoms with Gasteiger partial charge in [-0.15, -0.1) is 0 Å². The molecule has 3 atom stereocenters. The topological polar surface area (TPSA) is 120 Å². The summed E-state index contributed by atoms with van der Waals surface area (Å²) in [6, 6.07) is 5.41. The molecule has 0 saturated carbocycles. The van der Waals surface area contributed by atoms with Crippen molar-refractivity contribution in [3.8, 4) is 0 Å². The fraction of sp³-hybridized carbons (Fsp3) is 0.364. The van der Waals surface area contributed by atoms with Crippen LogP contribution in [0.25, 0.3) is 0 Å². The van der Waals surface area contributed by atoms with Crippen LogP contribution in [0.1, 0.15) is 11.7 Å². The SMILES string of the molecule is NC(=O)C(COC(Cl)Cl)C(O)c1ccc([NH+]([O-])O)cc1. The first-order valence-corrected chi connectivity index (χ1v) is 6.40. The molecule has 1 rings (SSSR count). The second-order valence-corrected chi connectivity index (χ2v) is 4.99. The Morgan fingerprint density at radius 2 is 1.95 bits per heavy atom. The van der Waals surface area contributed by atoms with E-state index < -0.39 is 28.2 Å². The van der Waals surface area contributed by atoms with Gasteiger partial charge in [0.1, 0.15) is 0 Å². The first kappa shape index (κ1) is 17.1. The van der Waals surface area contributed by atoms with E-state index in [0.29, 0.717) is 5.56 Å². The van der Waals surface area contributed by atoms with Crippen LogP contribution in [-0.4, -0.2) is 27.9 Å². The number of ether oxygens (including phenoxy) is 1. The highest BCUT2D eigenvalue weighted by atomic mass is 35.5. The molecule has 0 fully saturated rings. The summed E-state index contributed by atoms with van der Waals surface area (Å²) in [6.45, 7) is -0.255. The lowest BCUT2D eigenvalue weighted by atomic mass is 9.95. The zero-order chi connectivity index (χ0) is 15.3. The molecule has 0 bridgehead atoms. The summed E-state index contributed by atoms with van der Waals surface area (Å²) in [5.74, 6) is -1.83. The fourth-order valence-corrected chi connectivity index (χ4v) is 1.71. The largest absolute Gasteiger partial charge is 0.595 e. The van der Waals surface area contributed by atoms with Crippen molar-refractivity contribution in [3.63, 3.8) is 0 Å². The van der Waals surface area contributed by atoms with Gasteiger partial charge in [0, 0.05) is 12.1 Å². The number of quaternary nitrogens is 1. The summed E-state index contributed by atoms with van der Waals surface area (Å²) < 4.78 is 4.85. The molecule has 0 saturated heterocycles. The van der Waals surface area contributed by atoms with Gasteiger partial charge < -0.3 is 20.8 Å². The molecule has 112 valence electrons. The minimum atomic E-state index is -1.25. The van der Waals surface area contributed by atoms with Crippen LogP contribution in [0.5, 0.6) is 0 Å². The van der Waals surface area contributed by atoms with Crippen molar-refractivity contribution in [2.45, 2.75) is 11.1 Å². The van der Waals surface area contributed by atoms with Crippen LogP contribution in [-0.2, 0) is 9.53 Å². The third kappa shape index (κ3) is 4.88. The van der Waals surface area contributed by atoms with Gasteiger partial charge in [0.25, 0.3) is 0 Å². The molecule has 0 aromatic heterocycles. The quantitative estimate of drug-likeness (QED) is 0.415. The molecule has 0 aliphatic rings. The van der Waals surface area contributed by atoms with E-state index in [-0.39, 0.29) is 12.3 Å². The smallest absolute Gasteiger partial charge is 0.225 e. The Labute approximate surface area is 125 Å². The third-order valence-electron chi connectivity index (χ3n) is 2.65. The highest BCUT2D eigenvalue weighted by molar-refractivity contribution is 6.43. The Morgan fingerprint density at radius 3 is 2.35 bits per heavy atom. The Kier molecular flexibility index (Phi) is 6.63. The predicted octanol–water partition coefficient (Wildman–Crippen LogP) is 0.00270. The number of hydrogen-bond donors (Lipinski definition) is 4. The molecule has 3 unspecified atom stereocenters. The number of alkyl halides is 2. The van der Waals surface area contributed by atoms with Gasteiger partial charge in [-0.1, -0.05) is 35.3 Å². The molecular formula is C11H14Cl2N2O5.